The Labute approximate surface area is 213 Å². The molecular formula is C31H33NO4. The molecule has 36 heavy (non-hydrogen) atoms. The predicted molar refractivity (Wildman–Crippen MR) is 140 cm³/mol. The number of rotatable bonds is 6. The van der Waals surface area contributed by atoms with Crippen LogP contribution in [0, 0.1) is 11.8 Å². The molecule has 1 saturated heterocycles. The molecule has 1 heterocycles. The van der Waals surface area contributed by atoms with E-state index in [4.69, 9.17) is 9.47 Å². The lowest BCUT2D eigenvalue weighted by molar-refractivity contribution is -0.129. The molecule has 4 unspecified atom stereocenters. The quantitative estimate of drug-likeness (QED) is 0.515. The minimum atomic E-state index is -1.26. The lowest BCUT2D eigenvalue weighted by Gasteiger charge is -2.47. The molecule has 0 spiro atoms. The Bertz CT molecular complexity index is 1270. The molecule has 186 valence electrons. The first-order valence-electron chi connectivity index (χ1n) is 12.4. The van der Waals surface area contributed by atoms with E-state index in [0.29, 0.717) is 24.6 Å². The average Bonchev–Trinajstić information content (AvgIpc) is 3.40. The van der Waals surface area contributed by atoms with E-state index in [9.17, 15) is 9.90 Å². The van der Waals surface area contributed by atoms with Gasteiger partial charge in [0.1, 0.15) is 17.1 Å². The number of nitrogens with zero attached hydrogens (tertiary/aromatic N) is 1. The summed E-state index contributed by atoms with van der Waals surface area (Å²) in [6.45, 7) is 3.23. The van der Waals surface area contributed by atoms with Crippen LogP contribution in [0.2, 0.25) is 0 Å². The Morgan fingerprint density at radius 2 is 1.47 bits per heavy atom. The number of para-hydroxylation sites is 2. The van der Waals surface area contributed by atoms with Gasteiger partial charge in [0.15, 0.2) is 0 Å². The summed E-state index contributed by atoms with van der Waals surface area (Å²) in [5.74, 6) is 1.20. The van der Waals surface area contributed by atoms with Crippen molar-refractivity contribution in [3.8, 4) is 11.5 Å². The van der Waals surface area contributed by atoms with Gasteiger partial charge in [-0.2, -0.15) is 0 Å². The molecule has 0 saturated carbocycles. The van der Waals surface area contributed by atoms with E-state index in [1.165, 1.54) is 5.56 Å². The number of fused-ring (bicyclic) bond motifs is 1. The van der Waals surface area contributed by atoms with Crippen molar-refractivity contribution in [1.82, 2.24) is 4.90 Å². The maximum Gasteiger partial charge on any atom is 0.227 e. The number of ether oxygens (including phenoxy) is 2. The molecule has 5 nitrogen and oxygen atoms in total. The second-order valence-electron chi connectivity index (χ2n) is 10.0. The number of likely N-dealkylation sites (tertiary alicyclic amines) is 1. The molecule has 1 fully saturated rings. The fourth-order valence-electron chi connectivity index (χ4n) is 6.10. The van der Waals surface area contributed by atoms with Crippen molar-refractivity contribution >= 4 is 5.91 Å². The first-order valence-corrected chi connectivity index (χ1v) is 12.4. The molecular weight excluding hydrogens is 450 g/mol. The number of benzene rings is 3. The third-order valence-electron chi connectivity index (χ3n) is 8.16. The van der Waals surface area contributed by atoms with Crippen molar-refractivity contribution in [2.75, 3.05) is 27.3 Å². The van der Waals surface area contributed by atoms with Gasteiger partial charge in [-0.1, -0.05) is 85.8 Å². The average molecular weight is 484 g/mol. The first-order chi connectivity index (χ1) is 17.4. The maximum atomic E-state index is 13.6. The van der Waals surface area contributed by atoms with Crippen molar-refractivity contribution in [2.45, 2.75) is 24.4 Å². The van der Waals surface area contributed by atoms with E-state index in [1.54, 1.807) is 14.2 Å². The van der Waals surface area contributed by atoms with Crippen LogP contribution in [-0.2, 0) is 22.2 Å². The van der Waals surface area contributed by atoms with Crippen LogP contribution in [0.15, 0.2) is 91.0 Å². The second kappa shape index (κ2) is 9.47. The van der Waals surface area contributed by atoms with Crippen LogP contribution in [0.3, 0.4) is 0 Å². The molecule has 0 radical (unpaired) electrons. The maximum absolute atomic E-state index is 13.6. The number of amides is 1. The summed E-state index contributed by atoms with van der Waals surface area (Å²) in [5, 5.41) is 12.3. The van der Waals surface area contributed by atoms with Gasteiger partial charge in [-0.3, -0.25) is 4.79 Å². The van der Waals surface area contributed by atoms with E-state index < -0.39 is 5.60 Å². The van der Waals surface area contributed by atoms with Crippen LogP contribution in [0.25, 0.3) is 0 Å². The van der Waals surface area contributed by atoms with Gasteiger partial charge in [0.2, 0.25) is 5.91 Å². The van der Waals surface area contributed by atoms with Gasteiger partial charge in [-0.15, -0.1) is 0 Å². The fourth-order valence-corrected chi connectivity index (χ4v) is 6.10. The Balaban J connectivity index is 1.54. The van der Waals surface area contributed by atoms with Crippen LogP contribution < -0.4 is 9.47 Å². The highest BCUT2D eigenvalue weighted by Gasteiger charge is 2.56. The summed E-state index contributed by atoms with van der Waals surface area (Å²) >= 11 is 0. The Kier molecular flexibility index (Phi) is 6.35. The molecule has 1 amide bonds. The highest BCUT2D eigenvalue weighted by Crippen LogP contribution is 2.54. The van der Waals surface area contributed by atoms with Crippen LogP contribution in [0.4, 0.5) is 0 Å². The van der Waals surface area contributed by atoms with Crippen molar-refractivity contribution in [1.29, 1.82) is 0 Å². The summed E-state index contributed by atoms with van der Waals surface area (Å²) in [6.07, 6.45) is 4.31. The van der Waals surface area contributed by atoms with E-state index in [0.717, 1.165) is 11.1 Å². The van der Waals surface area contributed by atoms with Gasteiger partial charge >= 0.3 is 0 Å². The summed E-state index contributed by atoms with van der Waals surface area (Å²) < 4.78 is 11.1. The molecule has 1 aliphatic heterocycles. The molecule has 1 N–H and O–H groups in total. The smallest absolute Gasteiger partial charge is 0.227 e. The topological polar surface area (TPSA) is 59.0 Å². The minimum Gasteiger partial charge on any atom is -0.496 e. The van der Waals surface area contributed by atoms with Gasteiger partial charge in [0, 0.05) is 35.5 Å². The number of allylic oxidation sites excluding steroid dienone is 1. The largest absolute Gasteiger partial charge is 0.496 e. The summed E-state index contributed by atoms with van der Waals surface area (Å²) in [7, 11) is 3.25. The Morgan fingerprint density at radius 1 is 0.861 bits per heavy atom. The zero-order chi connectivity index (χ0) is 25.3. The molecule has 2 aliphatic rings. The van der Waals surface area contributed by atoms with Crippen molar-refractivity contribution < 1.29 is 19.4 Å². The molecule has 0 aromatic heterocycles. The number of carbonyl (C=O) groups excluding carboxylic acids is 1. The molecule has 1 aliphatic carbocycles. The van der Waals surface area contributed by atoms with Gasteiger partial charge in [0.05, 0.1) is 20.6 Å². The van der Waals surface area contributed by atoms with Crippen LogP contribution >= 0.6 is 0 Å². The Morgan fingerprint density at radius 3 is 2.19 bits per heavy atom. The minimum absolute atomic E-state index is 0.0152. The monoisotopic (exact) mass is 483 g/mol. The van der Waals surface area contributed by atoms with Gasteiger partial charge in [0.25, 0.3) is 0 Å². The zero-order valence-electron chi connectivity index (χ0n) is 21.1. The van der Waals surface area contributed by atoms with Gasteiger partial charge in [-0.25, -0.2) is 0 Å². The SMILES string of the molecule is COc1ccccc1CC(=O)N1CC2C(C1)C(O)(c1ccccc1OC)C=CC2(C)c1ccccc1. The van der Waals surface area contributed by atoms with Crippen LogP contribution in [-0.4, -0.2) is 43.2 Å². The first kappa shape index (κ1) is 24.1. The van der Waals surface area contributed by atoms with Crippen LogP contribution in [0.1, 0.15) is 23.6 Å². The summed E-state index contributed by atoms with van der Waals surface area (Å²) in [4.78, 5) is 15.5. The molecule has 4 atom stereocenters. The third-order valence-corrected chi connectivity index (χ3v) is 8.16. The zero-order valence-corrected chi connectivity index (χ0v) is 21.1. The number of aliphatic hydroxyl groups is 1. The van der Waals surface area contributed by atoms with Gasteiger partial charge in [-0.05, 0) is 23.6 Å². The van der Waals surface area contributed by atoms with E-state index >= 15 is 0 Å². The summed E-state index contributed by atoms with van der Waals surface area (Å²) in [5.41, 5.74) is 1.18. The summed E-state index contributed by atoms with van der Waals surface area (Å²) in [6, 6.07) is 25.6. The van der Waals surface area contributed by atoms with Crippen molar-refractivity contribution in [3.63, 3.8) is 0 Å². The third kappa shape index (κ3) is 3.97. The number of carbonyl (C=O) groups is 1. The molecule has 5 rings (SSSR count). The Hall–Kier alpha value is -3.57. The standard InChI is InChI=1S/C31H33NO4/c1-30(23-12-5-4-6-13-23)17-18-31(34,24-14-8-10-16-28(24)36-3)26-21-32(20-25(26)30)29(33)19-22-11-7-9-15-27(22)35-2/h4-18,25-26,34H,19-21H2,1-3H3. The van der Waals surface area contributed by atoms with Crippen LogP contribution in [0.5, 0.6) is 11.5 Å². The van der Waals surface area contributed by atoms with E-state index in [1.807, 2.05) is 77.7 Å². The second-order valence-corrected chi connectivity index (χ2v) is 10.0. The molecule has 0 bridgehead atoms. The number of methoxy groups -OCH3 is 2. The molecule has 3 aromatic rings. The number of hydrogen-bond acceptors (Lipinski definition) is 4. The highest BCUT2D eigenvalue weighted by atomic mass is 16.5. The van der Waals surface area contributed by atoms with Crippen molar-refractivity contribution in [3.05, 3.63) is 108 Å². The van der Waals surface area contributed by atoms with Gasteiger partial charge < -0.3 is 19.5 Å². The number of hydrogen-bond donors (Lipinski definition) is 1. The highest BCUT2D eigenvalue weighted by molar-refractivity contribution is 5.80. The lowest BCUT2D eigenvalue weighted by atomic mass is 9.58. The molecule has 3 aromatic carbocycles. The normalized spacial score (nSPS) is 26.9. The fraction of sp³-hybridized carbons (Fsp3) is 0.323. The lowest BCUT2D eigenvalue weighted by Crippen LogP contribution is -2.48. The predicted octanol–water partition coefficient (Wildman–Crippen LogP) is 4.74. The van der Waals surface area contributed by atoms with E-state index in [-0.39, 0.29) is 29.6 Å². The molecule has 5 heteroatoms. The van der Waals surface area contributed by atoms with E-state index in [2.05, 4.69) is 25.1 Å². The van der Waals surface area contributed by atoms with Crippen molar-refractivity contribution in [2.24, 2.45) is 11.8 Å².